The van der Waals surface area contributed by atoms with E-state index < -0.39 is 4.92 Å². The number of anilines is 1. The fraction of sp³-hybridized carbons (Fsp3) is 0.368. The van der Waals surface area contributed by atoms with Gasteiger partial charge in [0.05, 0.1) is 40.7 Å². The second kappa shape index (κ2) is 8.34. The van der Waals surface area contributed by atoms with Gasteiger partial charge in [-0.2, -0.15) is 0 Å². The molecule has 0 fully saturated rings. The number of hydrogen-bond donors (Lipinski definition) is 1. The van der Waals surface area contributed by atoms with Crippen LogP contribution in [-0.4, -0.2) is 43.0 Å². The molecule has 0 saturated heterocycles. The van der Waals surface area contributed by atoms with Crippen molar-refractivity contribution in [3.05, 3.63) is 50.4 Å². The molecule has 28 heavy (non-hydrogen) atoms. The number of benzene rings is 1. The summed E-state index contributed by atoms with van der Waals surface area (Å²) in [4.78, 5) is 31.7. The minimum atomic E-state index is -0.467. The Morgan fingerprint density at radius 1 is 1.25 bits per heavy atom. The summed E-state index contributed by atoms with van der Waals surface area (Å²) >= 11 is 2.39. The number of fused-ring (bicyclic) bond motifs is 1. The van der Waals surface area contributed by atoms with Gasteiger partial charge in [0, 0.05) is 19.0 Å². The van der Waals surface area contributed by atoms with E-state index in [0.29, 0.717) is 16.6 Å². The quantitative estimate of drug-likeness (QED) is 0.471. The van der Waals surface area contributed by atoms with Gasteiger partial charge in [0.15, 0.2) is 5.13 Å². The van der Waals surface area contributed by atoms with Crippen molar-refractivity contribution in [3.63, 3.8) is 0 Å². The maximum Gasteiger partial charge on any atom is 0.324 e. The number of thiophene rings is 1. The normalized spacial score (nSPS) is 11.3. The fourth-order valence-corrected chi connectivity index (χ4v) is 4.96. The van der Waals surface area contributed by atoms with E-state index in [1.807, 2.05) is 13.8 Å². The smallest absolute Gasteiger partial charge is 0.324 e. The molecule has 7 nitrogen and oxygen atoms in total. The van der Waals surface area contributed by atoms with Gasteiger partial charge in [-0.25, -0.2) is 4.98 Å². The molecule has 2 heterocycles. The fourth-order valence-electron chi connectivity index (χ4n) is 3.02. The molecule has 9 heteroatoms. The van der Waals surface area contributed by atoms with Crippen LogP contribution in [0.1, 0.15) is 27.2 Å². The molecule has 0 aliphatic heterocycles. The Morgan fingerprint density at radius 2 is 2.00 bits per heavy atom. The van der Waals surface area contributed by atoms with Crippen molar-refractivity contribution in [2.75, 3.05) is 32.1 Å². The van der Waals surface area contributed by atoms with Gasteiger partial charge in [0.2, 0.25) is 0 Å². The number of aromatic nitrogens is 1. The lowest BCUT2D eigenvalue weighted by Gasteiger charge is -2.19. The van der Waals surface area contributed by atoms with E-state index in [1.165, 1.54) is 28.4 Å². The van der Waals surface area contributed by atoms with Crippen molar-refractivity contribution in [1.29, 1.82) is 0 Å². The van der Waals surface area contributed by atoms with Gasteiger partial charge in [-0.1, -0.05) is 28.7 Å². The van der Waals surface area contributed by atoms with Crippen LogP contribution in [-0.2, 0) is 0 Å². The molecule has 0 unspecified atom stereocenters. The lowest BCUT2D eigenvalue weighted by Crippen LogP contribution is -3.05. The molecule has 148 valence electrons. The van der Waals surface area contributed by atoms with Gasteiger partial charge in [0.1, 0.15) is 0 Å². The molecule has 2 aromatic heterocycles. The lowest BCUT2D eigenvalue weighted by molar-refractivity contribution is -0.858. The topological polar surface area (TPSA) is 80.8 Å². The summed E-state index contributed by atoms with van der Waals surface area (Å²) in [6, 6.07) is 7.06. The number of rotatable bonds is 7. The zero-order valence-electron chi connectivity index (χ0n) is 16.3. The van der Waals surface area contributed by atoms with E-state index in [4.69, 9.17) is 4.98 Å². The Kier molecular flexibility index (Phi) is 6.07. The number of amides is 1. The molecule has 3 rings (SSSR count). The van der Waals surface area contributed by atoms with Gasteiger partial charge in [-0.05, 0) is 37.1 Å². The number of carbonyl (C=O) groups is 1. The third-order valence-electron chi connectivity index (χ3n) is 4.34. The van der Waals surface area contributed by atoms with Crippen LogP contribution in [0.15, 0.2) is 24.3 Å². The van der Waals surface area contributed by atoms with Crippen molar-refractivity contribution < 1.29 is 14.6 Å². The molecule has 3 aromatic rings. The lowest BCUT2D eigenvalue weighted by atomic mass is 10.1. The second-order valence-electron chi connectivity index (χ2n) is 7.09. The summed E-state index contributed by atoms with van der Waals surface area (Å²) in [7, 11) is 4.14. The predicted octanol–water partition coefficient (Wildman–Crippen LogP) is 3.06. The average molecular weight is 420 g/mol. The molecule has 0 aliphatic carbocycles. The summed E-state index contributed by atoms with van der Waals surface area (Å²) in [5, 5.41) is 11.6. The first-order valence-electron chi connectivity index (χ1n) is 8.99. The van der Waals surface area contributed by atoms with Crippen LogP contribution in [0.3, 0.4) is 0 Å². The summed E-state index contributed by atoms with van der Waals surface area (Å²) in [5.74, 6) is -0.236. The van der Waals surface area contributed by atoms with Crippen molar-refractivity contribution in [1.82, 2.24) is 4.98 Å². The molecule has 0 aliphatic rings. The standard InChI is InChI=1S/C19H22N4O3S2/c1-12-10-13(2)17-15(11-12)28-19(20-17)22(9-5-8-21(3)4)18(24)14-6-7-16(27-14)23(25)26/h6-7,10-11H,5,8-9H2,1-4H3/p+1. The zero-order chi connectivity index (χ0) is 20.4. The van der Waals surface area contributed by atoms with Gasteiger partial charge in [-0.3, -0.25) is 19.8 Å². The van der Waals surface area contributed by atoms with E-state index in [-0.39, 0.29) is 10.9 Å². The monoisotopic (exact) mass is 419 g/mol. The highest BCUT2D eigenvalue weighted by molar-refractivity contribution is 7.22. The Balaban J connectivity index is 1.97. The van der Waals surface area contributed by atoms with Crippen molar-refractivity contribution in [3.8, 4) is 0 Å². The first-order valence-corrected chi connectivity index (χ1v) is 10.6. The highest BCUT2D eigenvalue weighted by Crippen LogP contribution is 2.33. The van der Waals surface area contributed by atoms with E-state index in [0.717, 1.165) is 45.6 Å². The van der Waals surface area contributed by atoms with Gasteiger partial charge < -0.3 is 4.90 Å². The van der Waals surface area contributed by atoms with Crippen LogP contribution >= 0.6 is 22.7 Å². The Labute approximate surface area is 171 Å². The highest BCUT2D eigenvalue weighted by Gasteiger charge is 2.25. The van der Waals surface area contributed by atoms with Gasteiger partial charge in [0.25, 0.3) is 5.91 Å². The first-order chi connectivity index (χ1) is 13.3. The summed E-state index contributed by atoms with van der Waals surface area (Å²) in [6.45, 7) is 5.49. The SMILES string of the molecule is Cc1cc(C)c2nc(N(CCC[NH+](C)C)C(=O)c3ccc([N+](=O)[O-])s3)sc2c1. The number of nitro groups is 1. The van der Waals surface area contributed by atoms with Gasteiger partial charge >= 0.3 is 5.00 Å². The zero-order valence-corrected chi connectivity index (χ0v) is 17.9. The minimum Gasteiger partial charge on any atom is -0.340 e. The second-order valence-corrected chi connectivity index (χ2v) is 9.16. The van der Waals surface area contributed by atoms with E-state index in [2.05, 4.69) is 26.2 Å². The van der Waals surface area contributed by atoms with Crippen molar-refractivity contribution in [2.45, 2.75) is 20.3 Å². The largest absolute Gasteiger partial charge is 0.340 e. The molecule has 0 spiro atoms. The number of hydrogen-bond acceptors (Lipinski definition) is 6. The van der Waals surface area contributed by atoms with Gasteiger partial charge in [-0.15, -0.1) is 0 Å². The molecule has 0 atom stereocenters. The number of nitrogens with zero attached hydrogens (tertiary/aromatic N) is 3. The number of quaternary nitrogens is 1. The maximum atomic E-state index is 13.2. The third kappa shape index (κ3) is 4.37. The Hall–Kier alpha value is -2.36. The average Bonchev–Trinajstić information content (AvgIpc) is 3.25. The van der Waals surface area contributed by atoms with Crippen LogP contribution in [0.25, 0.3) is 10.2 Å². The molecule has 1 N–H and O–H groups in total. The third-order valence-corrected chi connectivity index (χ3v) is 6.39. The number of aryl methyl sites for hydroxylation is 2. The molecule has 0 radical (unpaired) electrons. The molecule has 1 amide bonds. The van der Waals surface area contributed by atoms with Crippen LogP contribution in [0, 0.1) is 24.0 Å². The Bertz CT molecular complexity index is 1030. The molecular weight excluding hydrogens is 396 g/mol. The van der Waals surface area contributed by atoms with Crippen molar-refractivity contribution >= 4 is 48.9 Å². The van der Waals surface area contributed by atoms with Crippen LogP contribution in [0.4, 0.5) is 10.1 Å². The first kappa shape index (κ1) is 20.4. The maximum absolute atomic E-state index is 13.2. The van der Waals surface area contributed by atoms with E-state index in [1.54, 1.807) is 4.90 Å². The Morgan fingerprint density at radius 3 is 2.64 bits per heavy atom. The molecule has 0 bridgehead atoms. The van der Waals surface area contributed by atoms with E-state index in [9.17, 15) is 14.9 Å². The predicted molar refractivity (Wildman–Crippen MR) is 114 cm³/mol. The van der Waals surface area contributed by atoms with Crippen LogP contribution < -0.4 is 9.80 Å². The number of thiazole rings is 1. The number of carbonyl (C=O) groups excluding carboxylic acids is 1. The molecule has 0 saturated carbocycles. The van der Waals surface area contributed by atoms with E-state index >= 15 is 0 Å². The van der Waals surface area contributed by atoms with Crippen LogP contribution in [0.2, 0.25) is 0 Å². The number of nitrogens with one attached hydrogen (secondary N) is 1. The highest BCUT2D eigenvalue weighted by atomic mass is 32.1. The molecular formula is C19H23N4O3S2+. The minimum absolute atomic E-state index is 0.0307. The molecule has 1 aromatic carbocycles. The summed E-state index contributed by atoms with van der Waals surface area (Å²) in [6.07, 6.45) is 0.815. The van der Waals surface area contributed by atoms with Crippen molar-refractivity contribution in [2.24, 2.45) is 0 Å². The van der Waals surface area contributed by atoms with Crippen LogP contribution in [0.5, 0.6) is 0 Å². The summed E-state index contributed by atoms with van der Waals surface area (Å²) in [5.41, 5.74) is 3.14. The summed E-state index contributed by atoms with van der Waals surface area (Å²) < 4.78 is 1.04.